The highest BCUT2D eigenvalue weighted by atomic mass is 32.2. The first-order valence-electron chi connectivity index (χ1n) is 9.79. The van der Waals surface area contributed by atoms with Crippen LogP contribution >= 0.6 is 11.8 Å². The number of rotatable bonds is 5. The second-order valence-corrected chi connectivity index (χ2v) is 10.1. The third kappa shape index (κ3) is 4.43. The van der Waals surface area contributed by atoms with Gasteiger partial charge in [-0.1, -0.05) is 23.9 Å². The van der Waals surface area contributed by atoms with Crippen LogP contribution in [0.2, 0.25) is 0 Å². The molecule has 1 amide bonds. The fraction of sp³-hybridized carbons (Fsp3) is 0.333. The van der Waals surface area contributed by atoms with Crippen LogP contribution in [0, 0.1) is 5.82 Å². The van der Waals surface area contributed by atoms with Gasteiger partial charge < -0.3 is 0 Å². The lowest BCUT2D eigenvalue weighted by Gasteiger charge is -2.19. The molecule has 1 saturated heterocycles. The number of amidine groups is 1. The van der Waals surface area contributed by atoms with E-state index in [2.05, 4.69) is 4.99 Å². The van der Waals surface area contributed by atoms with Crippen LogP contribution < -0.4 is 0 Å². The van der Waals surface area contributed by atoms with E-state index in [0.717, 1.165) is 18.4 Å². The summed E-state index contributed by atoms with van der Waals surface area (Å²) in [6, 6.07) is 12.4. The molecule has 0 N–H and O–H groups in total. The van der Waals surface area contributed by atoms with Crippen molar-refractivity contribution in [3.63, 3.8) is 0 Å². The number of nitrogens with zero attached hydrogens (tertiary/aromatic N) is 3. The summed E-state index contributed by atoms with van der Waals surface area (Å²) in [5.41, 5.74) is 1.23. The van der Waals surface area contributed by atoms with Crippen molar-refractivity contribution in [3.8, 4) is 0 Å². The lowest BCUT2D eigenvalue weighted by atomic mass is 10.2. The molecule has 4 rings (SSSR count). The average Bonchev–Trinajstić information content (AvgIpc) is 3.44. The normalized spacial score (nSPS) is 17.4. The summed E-state index contributed by atoms with van der Waals surface area (Å²) in [6.45, 7) is 2.06. The maximum absolute atomic E-state index is 13.4. The van der Waals surface area contributed by atoms with E-state index in [-0.39, 0.29) is 16.6 Å². The summed E-state index contributed by atoms with van der Waals surface area (Å²) in [4.78, 5) is 19.1. The minimum absolute atomic E-state index is 0.205. The molecule has 0 aliphatic carbocycles. The van der Waals surface area contributed by atoms with Crippen molar-refractivity contribution in [2.45, 2.75) is 23.5 Å². The van der Waals surface area contributed by atoms with Gasteiger partial charge in [-0.25, -0.2) is 12.8 Å². The van der Waals surface area contributed by atoms with Crippen LogP contribution in [0.1, 0.15) is 28.8 Å². The lowest BCUT2D eigenvalue weighted by molar-refractivity contribution is 0.0860. The van der Waals surface area contributed by atoms with Crippen molar-refractivity contribution in [1.82, 2.24) is 9.21 Å². The first-order valence-corrected chi connectivity index (χ1v) is 12.2. The SMILES string of the molecule is O=C(c1ccc(S(=O)(=O)N2CCCC2)cc1)N1CCN=C1SCc1cccc(F)c1. The molecule has 1 fully saturated rings. The molecular formula is C21H22FN3O3S2. The Kier molecular flexibility index (Phi) is 6.21. The summed E-state index contributed by atoms with van der Waals surface area (Å²) >= 11 is 1.39. The highest BCUT2D eigenvalue weighted by Gasteiger charge is 2.28. The average molecular weight is 448 g/mol. The van der Waals surface area contributed by atoms with Crippen LogP contribution in [-0.4, -0.2) is 54.9 Å². The van der Waals surface area contributed by atoms with E-state index < -0.39 is 10.0 Å². The second-order valence-electron chi connectivity index (χ2n) is 7.18. The Balaban J connectivity index is 1.44. The standard InChI is InChI=1S/C21H22FN3O3S2/c22-18-5-3-4-16(14-18)15-29-21-23-10-13-25(21)20(26)17-6-8-19(9-7-17)30(27,28)24-11-1-2-12-24/h3-9,14H,1-2,10-13,15H2. The number of halogens is 1. The van der Waals surface area contributed by atoms with Gasteiger partial charge in [0.05, 0.1) is 11.4 Å². The number of carbonyl (C=O) groups excluding carboxylic acids is 1. The summed E-state index contributed by atoms with van der Waals surface area (Å²) in [5, 5.41) is 0.595. The molecule has 0 radical (unpaired) electrons. The molecule has 2 aromatic rings. The van der Waals surface area contributed by atoms with Crippen molar-refractivity contribution in [2.75, 3.05) is 26.2 Å². The van der Waals surface area contributed by atoms with Crippen LogP contribution in [0.25, 0.3) is 0 Å². The Morgan fingerprint density at radius 1 is 1.07 bits per heavy atom. The first kappa shape index (κ1) is 21.0. The van der Waals surface area contributed by atoms with Crippen LogP contribution in [0.5, 0.6) is 0 Å². The smallest absolute Gasteiger partial charge is 0.259 e. The molecule has 0 atom stereocenters. The Labute approximate surface area is 179 Å². The molecule has 2 aliphatic rings. The fourth-order valence-electron chi connectivity index (χ4n) is 3.52. The quantitative estimate of drug-likeness (QED) is 0.705. The van der Waals surface area contributed by atoms with Crippen molar-refractivity contribution in [2.24, 2.45) is 4.99 Å². The van der Waals surface area contributed by atoms with Crippen LogP contribution in [0.3, 0.4) is 0 Å². The summed E-state index contributed by atoms with van der Waals surface area (Å²) < 4.78 is 40.1. The molecule has 0 unspecified atom stereocenters. The van der Waals surface area contributed by atoms with E-state index >= 15 is 0 Å². The van der Waals surface area contributed by atoms with Gasteiger partial charge in [-0.2, -0.15) is 4.31 Å². The molecule has 2 aliphatic heterocycles. The van der Waals surface area contributed by atoms with E-state index in [9.17, 15) is 17.6 Å². The van der Waals surface area contributed by atoms with Crippen molar-refractivity contribution in [1.29, 1.82) is 0 Å². The number of thioether (sulfide) groups is 1. The molecule has 2 aromatic carbocycles. The number of hydrogen-bond donors (Lipinski definition) is 0. The maximum atomic E-state index is 13.4. The summed E-state index contributed by atoms with van der Waals surface area (Å²) in [6.07, 6.45) is 1.75. The third-order valence-corrected chi connectivity index (χ3v) is 8.11. The zero-order valence-corrected chi connectivity index (χ0v) is 18.0. The first-order chi connectivity index (χ1) is 14.4. The monoisotopic (exact) mass is 447 g/mol. The van der Waals surface area contributed by atoms with Gasteiger partial charge in [0.2, 0.25) is 10.0 Å². The number of benzene rings is 2. The van der Waals surface area contributed by atoms with Crippen molar-refractivity contribution in [3.05, 3.63) is 65.5 Å². The highest BCUT2D eigenvalue weighted by molar-refractivity contribution is 8.13. The van der Waals surface area contributed by atoms with Crippen molar-refractivity contribution < 1.29 is 17.6 Å². The number of carbonyl (C=O) groups is 1. The number of aliphatic imine (C=N–C) groups is 1. The Morgan fingerprint density at radius 2 is 1.80 bits per heavy atom. The maximum Gasteiger partial charge on any atom is 0.259 e. The molecule has 0 saturated carbocycles. The number of hydrogen-bond acceptors (Lipinski definition) is 5. The van der Waals surface area contributed by atoms with Gasteiger partial charge in [0.25, 0.3) is 5.91 Å². The zero-order chi connectivity index (χ0) is 21.1. The zero-order valence-electron chi connectivity index (χ0n) is 16.3. The summed E-state index contributed by atoms with van der Waals surface area (Å²) in [5.74, 6) is -0.00519. The molecule has 0 spiro atoms. The predicted molar refractivity (Wildman–Crippen MR) is 115 cm³/mol. The Bertz CT molecular complexity index is 1070. The van der Waals surface area contributed by atoms with E-state index in [1.165, 1.54) is 40.3 Å². The van der Waals surface area contributed by atoms with E-state index in [4.69, 9.17) is 0 Å². The van der Waals surface area contributed by atoms with Crippen LogP contribution in [-0.2, 0) is 15.8 Å². The molecule has 158 valence electrons. The van der Waals surface area contributed by atoms with Gasteiger partial charge in [-0.05, 0) is 54.8 Å². The van der Waals surface area contributed by atoms with E-state index in [1.807, 2.05) is 6.07 Å². The highest BCUT2D eigenvalue weighted by Crippen LogP contribution is 2.24. The Hall–Kier alpha value is -2.23. The minimum atomic E-state index is -3.50. The topological polar surface area (TPSA) is 70.1 Å². The second kappa shape index (κ2) is 8.87. The molecule has 0 aromatic heterocycles. The van der Waals surface area contributed by atoms with E-state index in [1.54, 1.807) is 23.1 Å². The van der Waals surface area contributed by atoms with Crippen molar-refractivity contribution >= 4 is 32.9 Å². The van der Waals surface area contributed by atoms with Crippen LogP contribution in [0.15, 0.2) is 58.4 Å². The largest absolute Gasteiger partial charge is 0.286 e. The number of amides is 1. The fourth-order valence-corrected chi connectivity index (χ4v) is 6.02. The van der Waals surface area contributed by atoms with Gasteiger partial charge in [0, 0.05) is 31.0 Å². The molecule has 6 nitrogen and oxygen atoms in total. The van der Waals surface area contributed by atoms with Gasteiger partial charge in [-0.15, -0.1) is 0 Å². The van der Waals surface area contributed by atoms with Gasteiger partial charge >= 0.3 is 0 Å². The van der Waals surface area contributed by atoms with E-state index in [0.29, 0.717) is 42.7 Å². The molecule has 30 heavy (non-hydrogen) atoms. The van der Waals surface area contributed by atoms with Crippen LogP contribution in [0.4, 0.5) is 4.39 Å². The lowest BCUT2D eigenvalue weighted by Crippen LogP contribution is -2.33. The van der Waals surface area contributed by atoms with Gasteiger partial charge in [-0.3, -0.25) is 14.7 Å². The molecular weight excluding hydrogens is 425 g/mol. The number of sulfonamides is 1. The third-order valence-electron chi connectivity index (χ3n) is 5.11. The van der Waals surface area contributed by atoms with Gasteiger partial charge in [0.1, 0.15) is 5.82 Å². The Morgan fingerprint density at radius 3 is 2.50 bits per heavy atom. The predicted octanol–water partition coefficient (Wildman–Crippen LogP) is 3.36. The molecule has 0 bridgehead atoms. The minimum Gasteiger partial charge on any atom is -0.286 e. The molecule has 2 heterocycles. The summed E-state index contributed by atoms with van der Waals surface area (Å²) in [7, 11) is -3.50. The van der Waals surface area contributed by atoms with Gasteiger partial charge in [0.15, 0.2) is 5.17 Å². The molecule has 9 heteroatoms.